The highest BCUT2D eigenvalue weighted by molar-refractivity contribution is 7.24. The molecule has 0 aliphatic carbocycles. The van der Waals surface area contributed by atoms with E-state index in [1.165, 1.54) is 17.4 Å². The Kier molecular flexibility index (Phi) is 6.95. The maximum Gasteiger partial charge on any atom is 0.344 e. The van der Waals surface area contributed by atoms with E-state index in [9.17, 15) is 14.4 Å². The van der Waals surface area contributed by atoms with Crippen LogP contribution in [-0.4, -0.2) is 25.0 Å². The number of hydrogen-bond donors (Lipinski definition) is 0. The summed E-state index contributed by atoms with van der Waals surface area (Å²) in [6.07, 6.45) is 1.47. The van der Waals surface area contributed by atoms with Gasteiger partial charge in [0.05, 0.1) is 6.61 Å². The largest absolute Gasteiger partial charge is 0.482 e. The van der Waals surface area contributed by atoms with Crippen molar-refractivity contribution in [3.63, 3.8) is 0 Å². The minimum atomic E-state index is -0.550. The Morgan fingerprint density at radius 1 is 0.939 bits per heavy atom. The van der Waals surface area contributed by atoms with Crippen molar-refractivity contribution in [3.8, 4) is 5.75 Å². The molecule has 0 N–H and O–H groups in total. The Labute approximate surface area is 194 Å². The van der Waals surface area contributed by atoms with Gasteiger partial charge in [0, 0.05) is 32.5 Å². The number of ether oxygens (including phenoxy) is 2. The zero-order valence-corrected chi connectivity index (χ0v) is 18.7. The summed E-state index contributed by atoms with van der Waals surface area (Å²) in [5, 5.41) is 1.21. The predicted octanol–water partition coefficient (Wildman–Crippen LogP) is 5.27. The van der Waals surface area contributed by atoms with E-state index in [1.807, 2.05) is 54.6 Å². The number of carbonyl (C=O) groups excluding carboxylic acids is 2. The van der Waals surface area contributed by atoms with Crippen molar-refractivity contribution in [2.75, 3.05) is 13.2 Å². The minimum absolute atomic E-state index is 0.0574. The number of rotatable bonds is 9. The van der Waals surface area contributed by atoms with E-state index in [0.29, 0.717) is 16.5 Å². The van der Waals surface area contributed by atoms with Crippen molar-refractivity contribution < 1.29 is 19.1 Å². The van der Waals surface area contributed by atoms with E-state index >= 15 is 0 Å². The van der Waals surface area contributed by atoms with Gasteiger partial charge >= 0.3 is 5.97 Å². The molecule has 0 radical (unpaired) electrons. The van der Waals surface area contributed by atoms with Crippen LogP contribution >= 0.6 is 11.3 Å². The maximum atomic E-state index is 12.8. The number of ketones is 1. The summed E-state index contributed by atoms with van der Waals surface area (Å²) >= 11 is 1.53. The topological polar surface area (TPSA) is 69.7 Å². The van der Waals surface area contributed by atoms with Crippen LogP contribution in [0.4, 0.5) is 0 Å². The molecule has 1 atom stereocenters. The second-order valence-electron chi connectivity index (χ2n) is 7.54. The Hall–Kier alpha value is -3.77. The molecule has 4 rings (SSSR count). The molecule has 0 fully saturated rings. The zero-order valence-electron chi connectivity index (χ0n) is 17.9. The summed E-state index contributed by atoms with van der Waals surface area (Å²) < 4.78 is 12.8. The predicted molar refractivity (Wildman–Crippen MR) is 131 cm³/mol. The monoisotopic (exact) mass is 458 g/mol. The first-order chi connectivity index (χ1) is 16.0. The molecule has 1 aromatic heterocycles. The molecule has 4 aromatic rings. The lowest BCUT2D eigenvalue weighted by atomic mass is 9.94. The van der Waals surface area contributed by atoms with E-state index in [4.69, 9.17) is 9.47 Å². The molecule has 0 saturated carbocycles. The lowest BCUT2D eigenvalue weighted by Gasteiger charge is -2.16. The van der Waals surface area contributed by atoms with E-state index in [1.54, 1.807) is 18.2 Å². The Bertz CT molecular complexity index is 1370. The van der Waals surface area contributed by atoms with Gasteiger partial charge in [-0.15, -0.1) is 11.3 Å². The van der Waals surface area contributed by atoms with Crippen molar-refractivity contribution in [2.24, 2.45) is 0 Å². The molecule has 1 unspecified atom stereocenters. The highest BCUT2D eigenvalue weighted by Gasteiger charge is 2.17. The maximum absolute atomic E-state index is 12.8. The van der Waals surface area contributed by atoms with E-state index in [-0.39, 0.29) is 36.8 Å². The first-order valence-electron chi connectivity index (χ1n) is 10.5. The van der Waals surface area contributed by atoms with Crippen LogP contribution in [0.2, 0.25) is 0 Å². The molecule has 0 bridgehead atoms. The molecule has 0 aliphatic rings. The highest BCUT2D eigenvalue weighted by Crippen LogP contribution is 2.27. The average Bonchev–Trinajstić information content (AvgIpc) is 2.86. The van der Waals surface area contributed by atoms with Crippen molar-refractivity contribution in [1.29, 1.82) is 0 Å². The third-order valence-electron chi connectivity index (χ3n) is 5.30. The second-order valence-corrected chi connectivity index (χ2v) is 8.62. The number of hydrogen-bond acceptors (Lipinski definition) is 6. The van der Waals surface area contributed by atoms with Gasteiger partial charge in [-0.3, -0.25) is 9.59 Å². The van der Waals surface area contributed by atoms with Crippen LogP contribution in [0.15, 0.2) is 90.2 Å². The molecule has 6 heteroatoms. The fraction of sp³-hybridized carbons (Fsp3) is 0.148. The fourth-order valence-corrected chi connectivity index (χ4v) is 4.63. The number of esters is 1. The lowest BCUT2D eigenvalue weighted by Crippen LogP contribution is -2.20. The van der Waals surface area contributed by atoms with Gasteiger partial charge < -0.3 is 9.47 Å². The number of allylic oxidation sites excluding steroid dienone is 1. The van der Waals surface area contributed by atoms with Crippen LogP contribution in [0.3, 0.4) is 0 Å². The van der Waals surface area contributed by atoms with Crippen LogP contribution in [0, 0.1) is 0 Å². The zero-order chi connectivity index (χ0) is 23.2. The molecule has 166 valence electrons. The van der Waals surface area contributed by atoms with Crippen LogP contribution in [0.25, 0.3) is 20.2 Å². The van der Waals surface area contributed by atoms with Crippen LogP contribution in [-0.2, 0) is 14.3 Å². The number of benzene rings is 3. The normalized spacial score (nSPS) is 11.8. The van der Waals surface area contributed by atoms with Crippen molar-refractivity contribution >= 4 is 43.3 Å². The molecular weight excluding hydrogens is 436 g/mol. The lowest BCUT2D eigenvalue weighted by molar-refractivity contribution is -0.146. The summed E-state index contributed by atoms with van der Waals surface area (Å²) in [5.74, 6) is -0.514. The van der Waals surface area contributed by atoms with Gasteiger partial charge in [-0.1, -0.05) is 49.0 Å². The molecule has 0 saturated heterocycles. The first kappa shape index (κ1) is 22.4. The summed E-state index contributed by atoms with van der Waals surface area (Å²) in [6.45, 7) is 3.27. The molecule has 33 heavy (non-hydrogen) atoms. The fourth-order valence-electron chi connectivity index (χ4n) is 3.57. The quantitative estimate of drug-likeness (QED) is 0.194. The van der Waals surface area contributed by atoms with Crippen LogP contribution in [0.1, 0.15) is 17.9 Å². The average molecular weight is 459 g/mol. The van der Waals surface area contributed by atoms with Gasteiger partial charge in [0.2, 0.25) is 0 Å². The smallest absolute Gasteiger partial charge is 0.344 e. The van der Waals surface area contributed by atoms with E-state index in [0.717, 1.165) is 15.0 Å². The van der Waals surface area contributed by atoms with Gasteiger partial charge in [-0.2, -0.15) is 0 Å². The van der Waals surface area contributed by atoms with E-state index < -0.39 is 5.97 Å². The van der Waals surface area contributed by atoms with Crippen molar-refractivity contribution in [1.82, 2.24) is 0 Å². The van der Waals surface area contributed by atoms with Crippen LogP contribution < -0.4 is 10.2 Å². The van der Waals surface area contributed by atoms with Gasteiger partial charge in [-0.05, 0) is 42.0 Å². The molecule has 0 spiro atoms. The molecule has 0 amide bonds. The Morgan fingerprint density at radius 2 is 1.67 bits per heavy atom. The number of carbonyl (C=O) groups is 2. The summed E-state index contributed by atoms with van der Waals surface area (Å²) in [5.41, 5.74) is 0.845. The Balaban J connectivity index is 1.42. The minimum Gasteiger partial charge on any atom is -0.482 e. The molecule has 5 nitrogen and oxygen atoms in total. The molecule has 1 heterocycles. The third-order valence-corrected chi connectivity index (χ3v) is 6.45. The summed E-state index contributed by atoms with van der Waals surface area (Å²) in [4.78, 5) is 37.0. The first-order valence-corrected chi connectivity index (χ1v) is 11.3. The molecule has 0 aliphatic heterocycles. The highest BCUT2D eigenvalue weighted by atomic mass is 32.1. The summed E-state index contributed by atoms with van der Waals surface area (Å²) in [7, 11) is 0. The van der Waals surface area contributed by atoms with Crippen molar-refractivity contribution in [3.05, 3.63) is 101 Å². The number of fused-ring (bicyclic) bond motifs is 2. The third kappa shape index (κ3) is 5.35. The van der Waals surface area contributed by atoms with Crippen LogP contribution in [0.5, 0.6) is 5.75 Å². The standard InChI is InChI=1S/C27H22O5S/c1-2-20(28)14-19(18-8-4-3-5-9-18)16-32-26(29)17-31-21-12-13-25-23(15-21)27(30)22-10-6-7-11-24(22)33-25/h2-13,15,19H,1,14,16-17H2. The molecule has 3 aromatic carbocycles. The van der Waals surface area contributed by atoms with E-state index in [2.05, 4.69) is 6.58 Å². The van der Waals surface area contributed by atoms with Gasteiger partial charge in [0.25, 0.3) is 0 Å². The van der Waals surface area contributed by atoms with Gasteiger partial charge in [-0.25, -0.2) is 4.79 Å². The SMILES string of the molecule is C=CC(=O)CC(COC(=O)COc1ccc2sc3ccccc3c(=O)c2c1)c1ccccc1. The van der Waals surface area contributed by atoms with Gasteiger partial charge in [0.15, 0.2) is 17.8 Å². The Morgan fingerprint density at radius 3 is 2.45 bits per heavy atom. The van der Waals surface area contributed by atoms with Gasteiger partial charge in [0.1, 0.15) is 5.75 Å². The summed E-state index contributed by atoms with van der Waals surface area (Å²) in [6, 6.07) is 22.1. The second kappa shape index (κ2) is 10.2. The molecular formula is C27H22O5S. The van der Waals surface area contributed by atoms with Crippen molar-refractivity contribution in [2.45, 2.75) is 12.3 Å².